The molecule has 0 aliphatic heterocycles. The Morgan fingerprint density at radius 2 is 2.09 bits per heavy atom. The van der Waals surface area contributed by atoms with Crippen LogP contribution in [0.25, 0.3) is 0 Å². The first-order chi connectivity index (χ1) is 10.8. The molecule has 2 aromatic rings. The number of rotatable bonds is 6. The second kappa shape index (κ2) is 7.23. The third kappa shape index (κ3) is 4.79. The first kappa shape index (κ1) is 17.0. The van der Waals surface area contributed by atoms with Crippen LogP contribution in [0.3, 0.4) is 0 Å². The molecular weight excluding hydrogens is 321 g/mol. The summed E-state index contributed by atoms with van der Waals surface area (Å²) in [5.74, 6) is -1.66. The van der Waals surface area contributed by atoms with Gasteiger partial charge in [-0.2, -0.15) is 0 Å². The van der Waals surface area contributed by atoms with Crippen molar-refractivity contribution in [3.63, 3.8) is 0 Å². The quantitative estimate of drug-likeness (QED) is 0.845. The maximum absolute atomic E-state index is 13.9. The van der Waals surface area contributed by atoms with E-state index < -0.39 is 17.7 Å². The normalized spacial score (nSPS) is 10.6. The molecule has 0 saturated heterocycles. The van der Waals surface area contributed by atoms with Gasteiger partial charge in [-0.3, -0.25) is 4.79 Å². The van der Waals surface area contributed by atoms with E-state index in [-0.39, 0.29) is 23.1 Å². The van der Waals surface area contributed by atoms with Gasteiger partial charge >= 0.3 is 5.97 Å². The average Bonchev–Trinajstić information content (AvgIpc) is 2.90. The van der Waals surface area contributed by atoms with Crippen molar-refractivity contribution in [2.24, 2.45) is 0 Å². The summed E-state index contributed by atoms with van der Waals surface area (Å²) in [4.78, 5) is 22.9. The zero-order valence-corrected chi connectivity index (χ0v) is 13.4. The van der Waals surface area contributed by atoms with E-state index in [2.05, 4.69) is 5.32 Å². The second-order valence-electron chi connectivity index (χ2n) is 5.16. The standard InChI is InChI=1S/C16H16FNO4S/c1-9(2)22-11-3-4-13(12(17)7-11)18-15(19)6-10-5-14(16(20)21)23-8-10/h3-5,7-9H,6H2,1-2H3,(H,18,19)(H,20,21). The number of aromatic carboxylic acids is 1. The molecule has 1 heterocycles. The maximum Gasteiger partial charge on any atom is 0.345 e. The van der Waals surface area contributed by atoms with Crippen molar-refractivity contribution in [2.45, 2.75) is 26.4 Å². The van der Waals surface area contributed by atoms with Crippen LogP contribution in [0.15, 0.2) is 29.6 Å². The summed E-state index contributed by atoms with van der Waals surface area (Å²) in [6, 6.07) is 5.65. The minimum Gasteiger partial charge on any atom is -0.491 e. The zero-order chi connectivity index (χ0) is 17.0. The number of amides is 1. The van der Waals surface area contributed by atoms with Crippen molar-refractivity contribution in [1.82, 2.24) is 0 Å². The second-order valence-corrected chi connectivity index (χ2v) is 6.07. The highest BCUT2D eigenvalue weighted by atomic mass is 32.1. The number of hydrogen-bond acceptors (Lipinski definition) is 4. The third-order valence-electron chi connectivity index (χ3n) is 2.82. The molecule has 0 bridgehead atoms. The molecule has 5 nitrogen and oxygen atoms in total. The van der Waals surface area contributed by atoms with Crippen molar-refractivity contribution < 1.29 is 23.8 Å². The van der Waals surface area contributed by atoms with Gasteiger partial charge in [0, 0.05) is 6.07 Å². The number of carbonyl (C=O) groups is 2. The van der Waals surface area contributed by atoms with E-state index in [9.17, 15) is 14.0 Å². The highest BCUT2D eigenvalue weighted by molar-refractivity contribution is 7.12. The molecule has 0 unspecified atom stereocenters. The van der Waals surface area contributed by atoms with Crippen molar-refractivity contribution in [3.8, 4) is 5.75 Å². The molecule has 0 spiro atoms. The van der Waals surface area contributed by atoms with Crippen LogP contribution in [0.1, 0.15) is 29.1 Å². The summed E-state index contributed by atoms with van der Waals surface area (Å²) in [6.45, 7) is 3.67. The van der Waals surface area contributed by atoms with Gasteiger partial charge in [0.2, 0.25) is 5.91 Å². The largest absolute Gasteiger partial charge is 0.491 e. The fraction of sp³-hybridized carbons (Fsp3) is 0.250. The van der Waals surface area contributed by atoms with E-state index in [4.69, 9.17) is 9.84 Å². The fourth-order valence-electron chi connectivity index (χ4n) is 1.90. The molecule has 122 valence electrons. The van der Waals surface area contributed by atoms with Gasteiger partial charge in [0.15, 0.2) is 0 Å². The molecule has 2 rings (SSSR count). The van der Waals surface area contributed by atoms with E-state index in [1.54, 1.807) is 11.4 Å². The van der Waals surface area contributed by atoms with Crippen LogP contribution in [0.2, 0.25) is 0 Å². The molecule has 0 fully saturated rings. The van der Waals surface area contributed by atoms with Gasteiger partial charge in [-0.25, -0.2) is 9.18 Å². The monoisotopic (exact) mass is 337 g/mol. The van der Waals surface area contributed by atoms with Gasteiger partial charge in [-0.1, -0.05) is 0 Å². The lowest BCUT2D eigenvalue weighted by Gasteiger charge is -2.11. The molecule has 1 amide bonds. The average molecular weight is 337 g/mol. The van der Waals surface area contributed by atoms with E-state index in [0.29, 0.717) is 11.3 Å². The molecule has 7 heteroatoms. The Bertz CT molecular complexity index is 727. The van der Waals surface area contributed by atoms with E-state index >= 15 is 0 Å². The Morgan fingerprint density at radius 1 is 1.35 bits per heavy atom. The Balaban J connectivity index is 2.00. The number of thiophene rings is 1. The molecule has 0 aliphatic carbocycles. The van der Waals surface area contributed by atoms with Crippen molar-refractivity contribution in [3.05, 3.63) is 45.9 Å². The van der Waals surface area contributed by atoms with Gasteiger partial charge in [0.1, 0.15) is 16.4 Å². The molecule has 1 aromatic heterocycles. The fourth-order valence-corrected chi connectivity index (χ4v) is 2.65. The summed E-state index contributed by atoms with van der Waals surface area (Å²) >= 11 is 1.05. The Morgan fingerprint density at radius 3 is 2.65 bits per heavy atom. The molecule has 1 aromatic carbocycles. The van der Waals surface area contributed by atoms with Crippen molar-refractivity contribution in [1.29, 1.82) is 0 Å². The lowest BCUT2D eigenvalue weighted by atomic mass is 10.2. The van der Waals surface area contributed by atoms with Crippen LogP contribution in [0.5, 0.6) is 5.75 Å². The molecule has 0 atom stereocenters. The number of ether oxygens (including phenoxy) is 1. The zero-order valence-electron chi connectivity index (χ0n) is 12.6. The van der Waals surface area contributed by atoms with Gasteiger partial charge in [0.05, 0.1) is 18.2 Å². The number of carbonyl (C=O) groups excluding carboxylic acids is 1. The van der Waals surface area contributed by atoms with Crippen molar-refractivity contribution >= 4 is 28.9 Å². The SMILES string of the molecule is CC(C)Oc1ccc(NC(=O)Cc2csc(C(=O)O)c2)c(F)c1. The topological polar surface area (TPSA) is 75.6 Å². The predicted octanol–water partition coefficient (Wildman–Crippen LogP) is 3.55. The van der Waals surface area contributed by atoms with Gasteiger partial charge in [0.25, 0.3) is 0 Å². The van der Waals surface area contributed by atoms with Gasteiger partial charge < -0.3 is 15.2 Å². The Kier molecular flexibility index (Phi) is 5.33. The lowest BCUT2D eigenvalue weighted by molar-refractivity contribution is -0.115. The predicted molar refractivity (Wildman–Crippen MR) is 85.8 cm³/mol. The van der Waals surface area contributed by atoms with Crippen LogP contribution in [-0.4, -0.2) is 23.1 Å². The summed E-state index contributed by atoms with van der Waals surface area (Å²) < 4.78 is 19.3. The molecule has 0 aliphatic rings. The summed E-state index contributed by atoms with van der Waals surface area (Å²) in [5, 5.41) is 12.9. The highest BCUT2D eigenvalue weighted by Gasteiger charge is 2.12. The van der Waals surface area contributed by atoms with Crippen LogP contribution in [0.4, 0.5) is 10.1 Å². The van der Waals surface area contributed by atoms with E-state index in [1.165, 1.54) is 18.2 Å². The first-order valence-corrected chi connectivity index (χ1v) is 7.80. The molecular formula is C16H16FNO4S. The molecule has 23 heavy (non-hydrogen) atoms. The summed E-state index contributed by atoms with van der Waals surface area (Å²) in [6.07, 6.45) is -0.0927. The number of halogens is 1. The van der Waals surface area contributed by atoms with Crippen LogP contribution in [-0.2, 0) is 11.2 Å². The highest BCUT2D eigenvalue weighted by Crippen LogP contribution is 2.22. The van der Waals surface area contributed by atoms with Gasteiger partial charge in [-0.05, 0) is 43.0 Å². The maximum atomic E-state index is 13.9. The Labute approximate surface area is 136 Å². The summed E-state index contributed by atoms with van der Waals surface area (Å²) in [7, 11) is 0. The Hall–Kier alpha value is -2.41. The molecule has 0 radical (unpaired) electrons. The molecule has 2 N–H and O–H groups in total. The first-order valence-electron chi connectivity index (χ1n) is 6.92. The van der Waals surface area contributed by atoms with Crippen LogP contribution in [0, 0.1) is 5.82 Å². The minimum absolute atomic E-state index is 0.0204. The number of benzene rings is 1. The third-order valence-corrected chi connectivity index (χ3v) is 3.78. The number of anilines is 1. The van der Waals surface area contributed by atoms with Gasteiger partial charge in [-0.15, -0.1) is 11.3 Å². The van der Waals surface area contributed by atoms with E-state index in [0.717, 1.165) is 11.3 Å². The number of carboxylic acids is 1. The summed E-state index contributed by atoms with van der Waals surface area (Å²) in [5.41, 5.74) is 0.630. The minimum atomic E-state index is -1.03. The molecule has 0 saturated carbocycles. The number of hydrogen-bond donors (Lipinski definition) is 2. The lowest BCUT2D eigenvalue weighted by Crippen LogP contribution is -2.15. The number of nitrogens with one attached hydrogen (secondary N) is 1. The van der Waals surface area contributed by atoms with Crippen molar-refractivity contribution in [2.75, 3.05) is 5.32 Å². The van der Waals surface area contributed by atoms with Crippen LogP contribution < -0.4 is 10.1 Å². The van der Waals surface area contributed by atoms with Crippen LogP contribution >= 0.6 is 11.3 Å². The number of carboxylic acid groups (broad SMARTS) is 1. The smallest absolute Gasteiger partial charge is 0.345 e. The van der Waals surface area contributed by atoms with E-state index in [1.807, 2.05) is 13.8 Å².